The van der Waals surface area contributed by atoms with Gasteiger partial charge in [0.1, 0.15) is 18.0 Å². The van der Waals surface area contributed by atoms with Gasteiger partial charge in [0.2, 0.25) is 0 Å². The van der Waals surface area contributed by atoms with Crippen LogP contribution in [0.5, 0.6) is 0 Å². The first-order chi connectivity index (χ1) is 20.1. The van der Waals surface area contributed by atoms with Crippen LogP contribution >= 0.6 is 11.3 Å². The first-order valence-electron chi connectivity index (χ1n) is 13.4. The number of likely N-dealkylation sites (tertiary alicyclic amines) is 1. The van der Waals surface area contributed by atoms with Gasteiger partial charge in [-0.3, -0.25) is 0 Å². The molecule has 42 heavy (non-hydrogen) atoms. The Hall–Kier alpha value is -4.25. The van der Waals surface area contributed by atoms with Crippen LogP contribution in [0.1, 0.15) is 66.4 Å². The van der Waals surface area contributed by atoms with Crippen LogP contribution in [0.15, 0.2) is 54.2 Å². The van der Waals surface area contributed by atoms with Crippen molar-refractivity contribution in [1.82, 2.24) is 24.6 Å². The minimum atomic E-state index is -1.47. The maximum absolute atomic E-state index is 15.1. The Morgan fingerprint density at radius 2 is 2.00 bits per heavy atom. The van der Waals surface area contributed by atoms with E-state index in [0.717, 1.165) is 28.4 Å². The fraction of sp³-hybridized carbons (Fsp3) is 0.345. The van der Waals surface area contributed by atoms with E-state index >= 15 is 4.39 Å². The number of benzene rings is 2. The van der Waals surface area contributed by atoms with E-state index in [4.69, 9.17) is 20.7 Å². The van der Waals surface area contributed by atoms with Gasteiger partial charge in [-0.05, 0) is 49.2 Å². The Kier molecular flexibility index (Phi) is 8.58. The van der Waals surface area contributed by atoms with Crippen molar-refractivity contribution in [3.63, 3.8) is 0 Å². The zero-order valence-corrected chi connectivity index (χ0v) is 23.7. The Morgan fingerprint density at radius 3 is 2.69 bits per heavy atom. The summed E-state index contributed by atoms with van der Waals surface area (Å²) in [5.41, 5.74) is 7.78. The molecule has 1 aliphatic rings. The number of carbonyl (C=O) groups is 1. The Morgan fingerprint density at radius 1 is 1.24 bits per heavy atom. The van der Waals surface area contributed by atoms with Crippen molar-refractivity contribution in [2.24, 2.45) is 5.73 Å². The molecule has 3 N–H and O–H groups in total. The van der Waals surface area contributed by atoms with Gasteiger partial charge in [-0.1, -0.05) is 19.1 Å². The van der Waals surface area contributed by atoms with Gasteiger partial charge in [0, 0.05) is 41.9 Å². The number of carbonyl (C=O) groups excluding carboxylic acids is 1. The maximum atomic E-state index is 15.1. The van der Waals surface area contributed by atoms with Crippen LogP contribution in [-0.4, -0.2) is 55.0 Å². The minimum Gasteiger partial charge on any atom is -0.438 e. The summed E-state index contributed by atoms with van der Waals surface area (Å²) in [7, 11) is 0. The Balaban J connectivity index is 1.41. The summed E-state index contributed by atoms with van der Waals surface area (Å²) < 4.78 is 36.1. The number of aliphatic hydroxyl groups excluding tert-OH is 1. The van der Waals surface area contributed by atoms with Crippen LogP contribution in [0.2, 0.25) is 0 Å². The van der Waals surface area contributed by atoms with Gasteiger partial charge >= 0.3 is 6.09 Å². The number of hydrogen-bond acceptors (Lipinski definition) is 9. The normalized spacial score (nSPS) is 17.8. The van der Waals surface area contributed by atoms with Crippen LogP contribution in [0, 0.1) is 23.0 Å². The van der Waals surface area contributed by atoms with E-state index in [2.05, 4.69) is 16.2 Å². The van der Waals surface area contributed by atoms with E-state index in [1.54, 1.807) is 38.1 Å². The highest BCUT2D eigenvalue weighted by Crippen LogP contribution is 2.42. The molecule has 2 aromatic heterocycles. The molecule has 1 aliphatic heterocycles. The quantitative estimate of drug-likeness (QED) is 0.295. The number of rotatable bonds is 8. The number of hydrogen-bond donors (Lipinski definition) is 2. The summed E-state index contributed by atoms with van der Waals surface area (Å²) in [6.07, 6.45) is -0.899. The number of nitrogens with zero attached hydrogens (tertiary/aromatic N) is 6. The standard InChI is InChI=1S/C29H29F2N7O3S/c1-16(27-35-24(14-42-27)19-5-3-18(12-32)4-6-19)25(22-11-20(30)7-8-23(22)31)28(39)38-15-34-26(36-38)17(2)41-29(40)37-10-9-21(33)13-37/h3-8,11,14-17,21,25,28,39H,9-10,13,33H2,1-2H3/t16-,17?,21+,25-,28?/m1/s1. The van der Waals surface area contributed by atoms with Crippen molar-refractivity contribution in [2.75, 3.05) is 13.1 Å². The van der Waals surface area contributed by atoms with Gasteiger partial charge in [0.25, 0.3) is 0 Å². The smallest absolute Gasteiger partial charge is 0.410 e. The lowest BCUT2D eigenvalue weighted by Gasteiger charge is -2.28. The van der Waals surface area contributed by atoms with E-state index in [0.29, 0.717) is 35.8 Å². The van der Waals surface area contributed by atoms with Crippen molar-refractivity contribution < 1.29 is 23.4 Å². The van der Waals surface area contributed by atoms with Crippen molar-refractivity contribution in [1.29, 1.82) is 5.26 Å². The number of halogens is 2. The van der Waals surface area contributed by atoms with E-state index in [1.165, 1.54) is 22.6 Å². The summed E-state index contributed by atoms with van der Waals surface area (Å²) in [6, 6.07) is 12.0. The largest absolute Gasteiger partial charge is 0.438 e. The third-order valence-corrected chi connectivity index (χ3v) is 8.37. The third kappa shape index (κ3) is 6.15. The molecule has 218 valence electrons. The summed E-state index contributed by atoms with van der Waals surface area (Å²) in [5.74, 6) is -2.82. The number of ether oxygens (including phenoxy) is 1. The maximum Gasteiger partial charge on any atom is 0.410 e. The van der Waals surface area contributed by atoms with Gasteiger partial charge in [-0.25, -0.2) is 28.2 Å². The molecule has 5 rings (SSSR count). The Bertz CT molecular complexity index is 1600. The molecule has 0 aliphatic carbocycles. The first kappa shape index (κ1) is 29.2. The first-order valence-corrected chi connectivity index (χ1v) is 14.2. The average Bonchev–Trinajstić information content (AvgIpc) is 3.76. The van der Waals surface area contributed by atoms with Crippen molar-refractivity contribution in [3.8, 4) is 17.3 Å². The lowest BCUT2D eigenvalue weighted by molar-refractivity contribution is 0.0481. The molecule has 3 heterocycles. The van der Waals surface area contributed by atoms with Crippen LogP contribution in [0.25, 0.3) is 11.3 Å². The zero-order valence-electron chi connectivity index (χ0n) is 22.9. The zero-order chi connectivity index (χ0) is 30.0. The van der Waals surface area contributed by atoms with E-state index < -0.39 is 41.9 Å². The summed E-state index contributed by atoms with van der Waals surface area (Å²) in [4.78, 5) is 22.9. The van der Waals surface area contributed by atoms with E-state index in [1.807, 2.05) is 5.38 Å². The molecule has 2 unspecified atom stereocenters. The fourth-order valence-electron chi connectivity index (χ4n) is 4.95. The van der Waals surface area contributed by atoms with Gasteiger partial charge in [-0.15, -0.1) is 16.4 Å². The predicted molar refractivity (Wildman–Crippen MR) is 150 cm³/mol. The van der Waals surface area contributed by atoms with Gasteiger partial charge < -0.3 is 20.5 Å². The third-order valence-electron chi connectivity index (χ3n) is 7.32. The topological polar surface area (TPSA) is 143 Å². The molecule has 1 fully saturated rings. The molecule has 0 radical (unpaired) electrons. The minimum absolute atomic E-state index is 0.0491. The molecule has 0 saturated carbocycles. The van der Waals surface area contributed by atoms with Crippen molar-refractivity contribution >= 4 is 17.4 Å². The molecule has 0 bridgehead atoms. The van der Waals surface area contributed by atoms with Crippen LogP contribution < -0.4 is 5.73 Å². The number of amides is 1. The highest BCUT2D eigenvalue weighted by atomic mass is 32.1. The second kappa shape index (κ2) is 12.3. The van der Waals surface area contributed by atoms with E-state index in [-0.39, 0.29) is 17.4 Å². The SMILES string of the molecule is CC(OC(=O)N1CC[C@H](N)C1)c1ncn(C(O)[C@@H](c2cc(F)ccc2F)[C@@H](C)c2nc(-c3ccc(C#N)cc3)cs2)n1. The van der Waals surface area contributed by atoms with Gasteiger partial charge in [0.15, 0.2) is 18.2 Å². The molecule has 13 heteroatoms. The lowest BCUT2D eigenvalue weighted by atomic mass is 9.85. The Labute approximate surface area is 245 Å². The van der Waals surface area contributed by atoms with Crippen LogP contribution in [0.3, 0.4) is 0 Å². The van der Waals surface area contributed by atoms with Crippen molar-refractivity contribution in [3.05, 3.63) is 87.8 Å². The molecule has 1 amide bonds. The van der Waals surface area contributed by atoms with Crippen LogP contribution in [0.4, 0.5) is 13.6 Å². The molecular formula is C29H29F2N7O3S. The monoisotopic (exact) mass is 593 g/mol. The molecule has 10 nitrogen and oxygen atoms in total. The number of nitrogens with two attached hydrogens (primary N) is 1. The number of aliphatic hydroxyl groups is 1. The number of nitriles is 1. The molecule has 4 aromatic rings. The lowest BCUT2D eigenvalue weighted by Crippen LogP contribution is -2.33. The predicted octanol–water partition coefficient (Wildman–Crippen LogP) is 4.86. The van der Waals surface area contributed by atoms with Crippen molar-refractivity contribution in [2.45, 2.75) is 50.5 Å². The molecule has 5 atom stereocenters. The molecular weight excluding hydrogens is 564 g/mol. The summed E-state index contributed by atoms with van der Waals surface area (Å²) in [5, 5.41) is 27.3. The van der Waals surface area contributed by atoms with Crippen LogP contribution in [-0.2, 0) is 4.74 Å². The number of thiazole rings is 1. The highest BCUT2D eigenvalue weighted by Gasteiger charge is 2.35. The van der Waals surface area contributed by atoms with Gasteiger partial charge in [-0.2, -0.15) is 5.26 Å². The molecule has 2 aromatic carbocycles. The second-order valence-electron chi connectivity index (χ2n) is 10.3. The van der Waals surface area contributed by atoms with Gasteiger partial charge in [0.05, 0.1) is 22.3 Å². The van der Waals surface area contributed by atoms with E-state index in [9.17, 15) is 14.3 Å². The second-order valence-corrected chi connectivity index (χ2v) is 11.1. The highest BCUT2D eigenvalue weighted by molar-refractivity contribution is 7.10. The summed E-state index contributed by atoms with van der Waals surface area (Å²) in [6.45, 7) is 4.26. The average molecular weight is 594 g/mol. The number of aromatic nitrogens is 4. The fourth-order valence-corrected chi connectivity index (χ4v) is 5.89. The molecule has 0 spiro atoms. The molecule has 1 saturated heterocycles. The summed E-state index contributed by atoms with van der Waals surface area (Å²) >= 11 is 1.32.